The Balaban J connectivity index is 2.98. The molecule has 0 spiro atoms. The third-order valence-corrected chi connectivity index (χ3v) is 2.22. The minimum absolute atomic E-state index is 0.295. The molecule has 18 heavy (non-hydrogen) atoms. The first-order chi connectivity index (χ1) is 8.71. The molecule has 3 amide bonds. The molecule has 0 fully saturated rings. The van der Waals surface area contributed by atoms with Crippen molar-refractivity contribution in [3.63, 3.8) is 0 Å². The van der Waals surface area contributed by atoms with Crippen LogP contribution in [0.5, 0.6) is 0 Å². The molecule has 6 nitrogen and oxygen atoms in total. The summed E-state index contributed by atoms with van der Waals surface area (Å²) in [5, 5.41) is 7.03. The Hall–Kier alpha value is -2.31. The Morgan fingerprint density at radius 1 is 1.06 bits per heavy atom. The molecule has 0 aromatic heterocycles. The maximum Gasteiger partial charge on any atom is 0.238 e. The average Bonchev–Trinajstić information content (AvgIpc) is 2.41. The lowest BCUT2D eigenvalue weighted by Crippen LogP contribution is -2.21. The van der Waals surface area contributed by atoms with Crippen molar-refractivity contribution < 1.29 is 14.4 Å². The van der Waals surface area contributed by atoms with E-state index < -0.39 is 5.91 Å². The van der Waals surface area contributed by atoms with Crippen LogP contribution in [-0.4, -0.2) is 26.7 Å². The predicted molar refractivity (Wildman–Crippen MR) is 65.5 cm³/mol. The zero-order chi connectivity index (χ0) is 13.4. The third-order valence-electron chi connectivity index (χ3n) is 2.22. The van der Waals surface area contributed by atoms with Crippen LogP contribution in [0.15, 0.2) is 18.2 Å². The van der Waals surface area contributed by atoms with E-state index in [2.05, 4.69) is 10.6 Å². The van der Waals surface area contributed by atoms with Crippen molar-refractivity contribution in [3.05, 3.63) is 34.9 Å². The summed E-state index contributed by atoms with van der Waals surface area (Å²) < 4.78 is 0. The van der Waals surface area contributed by atoms with Crippen molar-refractivity contribution in [2.75, 3.05) is 0 Å². The molecule has 0 unspecified atom stereocenters. The number of carbonyl (C=O) groups is 3. The molecule has 0 saturated carbocycles. The average molecular weight is 245 g/mol. The molecule has 0 saturated heterocycles. The second kappa shape index (κ2) is 7.11. The summed E-state index contributed by atoms with van der Waals surface area (Å²) in [6, 6.07) is 5.01. The van der Waals surface area contributed by atoms with Gasteiger partial charge in [-0.3, -0.25) is 14.4 Å². The first-order valence-electron chi connectivity index (χ1n) is 5.19. The van der Waals surface area contributed by atoms with E-state index in [1.165, 1.54) is 0 Å². The van der Waals surface area contributed by atoms with Gasteiger partial charge in [0.05, 0.1) is 0 Å². The molecule has 0 heterocycles. The summed E-state index contributed by atoms with van der Waals surface area (Å²) in [5.41, 5.74) is 1.85. The zero-order valence-electron chi connectivity index (χ0n) is 9.60. The highest BCUT2D eigenvalue weighted by Gasteiger charge is 2.06. The largest absolute Gasteiger partial charge is 0.405 e. The molecule has 0 aliphatic rings. The molecular formula is C11H12BN3O3. The van der Waals surface area contributed by atoms with Gasteiger partial charge in [-0.05, 0) is 23.3 Å². The number of carbonyl (C=O) groups excluding carboxylic acids is 3. The van der Waals surface area contributed by atoms with Crippen molar-refractivity contribution in [2.45, 2.75) is 13.1 Å². The summed E-state index contributed by atoms with van der Waals surface area (Å²) >= 11 is 0. The van der Waals surface area contributed by atoms with Gasteiger partial charge in [-0.2, -0.15) is 0 Å². The Bertz CT molecular complexity index is 421. The van der Waals surface area contributed by atoms with Crippen LogP contribution in [0.1, 0.15) is 21.5 Å². The SMILES string of the molecule is [B]NC(=O)c1cc(CNC=O)cc(CNC=O)c1. The summed E-state index contributed by atoms with van der Waals surface area (Å²) in [5.74, 6) is -0.435. The number of nitrogens with one attached hydrogen (secondary N) is 3. The van der Waals surface area contributed by atoms with Crippen LogP contribution in [0.4, 0.5) is 0 Å². The fraction of sp³-hybridized carbons (Fsp3) is 0.182. The zero-order valence-corrected chi connectivity index (χ0v) is 9.60. The van der Waals surface area contributed by atoms with Gasteiger partial charge >= 0.3 is 0 Å². The molecule has 1 aromatic rings. The quantitative estimate of drug-likeness (QED) is 0.425. The van der Waals surface area contributed by atoms with Crippen molar-refractivity contribution in [1.29, 1.82) is 0 Å². The molecule has 92 valence electrons. The summed E-state index contributed by atoms with van der Waals surface area (Å²) in [6.07, 6.45) is 1.14. The van der Waals surface area contributed by atoms with E-state index in [1.54, 1.807) is 18.2 Å². The van der Waals surface area contributed by atoms with Crippen molar-refractivity contribution in [1.82, 2.24) is 15.9 Å². The van der Waals surface area contributed by atoms with Gasteiger partial charge in [0.15, 0.2) is 0 Å². The number of amides is 3. The van der Waals surface area contributed by atoms with Crippen LogP contribution in [0, 0.1) is 0 Å². The predicted octanol–water partition coefficient (Wildman–Crippen LogP) is -1.01. The van der Waals surface area contributed by atoms with Crippen LogP contribution in [0.25, 0.3) is 0 Å². The Labute approximate surface area is 106 Å². The molecular weight excluding hydrogens is 233 g/mol. The van der Waals surface area contributed by atoms with E-state index in [0.29, 0.717) is 31.5 Å². The van der Waals surface area contributed by atoms with Gasteiger partial charge < -0.3 is 15.9 Å². The van der Waals surface area contributed by atoms with Gasteiger partial charge in [-0.1, -0.05) is 6.07 Å². The van der Waals surface area contributed by atoms with Crippen LogP contribution < -0.4 is 15.9 Å². The van der Waals surface area contributed by atoms with Crippen molar-refractivity contribution in [3.8, 4) is 0 Å². The molecule has 7 heteroatoms. The highest BCUT2D eigenvalue weighted by atomic mass is 16.1. The minimum atomic E-state index is -0.435. The monoisotopic (exact) mass is 245 g/mol. The van der Waals surface area contributed by atoms with E-state index >= 15 is 0 Å². The van der Waals surface area contributed by atoms with Gasteiger partial charge in [0, 0.05) is 18.7 Å². The smallest absolute Gasteiger partial charge is 0.238 e. The molecule has 3 N–H and O–H groups in total. The van der Waals surface area contributed by atoms with Gasteiger partial charge in [0.1, 0.15) is 0 Å². The fourth-order valence-corrected chi connectivity index (χ4v) is 1.50. The summed E-state index contributed by atoms with van der Waals surface area (Å²) in [7, 11) is 5.06. The topological polar surface area (TPSA) is 87.3 Å². The van der Waals surface area contributed by atoms with Gasteiger partial charge in [-0.25, -0.2) is 0 Å². The van der Waals surface area contributed by atoms with Crippen LogP contribution >= 0.6 is 0 Å². The molecule has 1 rings (SSSR count). The number of benzene rings is 1. The lowest BCUT2D eigenvalue weighted by molar-refractivity contribution is -0.110. The molecule has 0 atom stereocenters. The Morgan fingerprint density at radius 3 is 1.94 bits per heavy atom. The fourth-order valence-electron chi connectivity index (χ4n) is 1.50. The molecule has 1 aromatic carbocycles. The second-order valence-electron chi connectivity index (χ2n) is 3.51. The van der Waals surface area contributed by atoms with E-state index in [4.69, 9.17) is 7.98 Å². The van der Waals surface area contributed by atoms with E-state index in [1.807, 2.05) is 5.23 Å². The van der Waals surface area contributed by atoms with E-state index in [9.17, 15) is 14.4 Å². The number of rotatable bonds is 7. The van der Waals surface area contributed by atoms with Crippen molar-refractivity contribution >= 4 is 26.7 Å². The molecule has 0 aliphatic carbocycles. The second-order valence-corrected chi connectivity index (χ2v) is 3.51. The van der Waals surface area contributed by atoms with Crippen LogP contribution in [-0.2, 0) is 22.7 Å². The Morgan fingerprint density at radius 2 is 1.56 bits per heavy atom. The van der Waals surface area contributed by atoms with Crippen LogP contribution in [0.2, 0.25) is 0 Å². The normalized spacial score (nSPS) is 9.33. The van der Waals surface area contributed by atoms with Gasteiger partial charge in [0.2, 0.25) is 26.7 Å². The standard InChI is InChI=1S/C11H12BN3O3/c12-15-11(18)10-2-8(4-13-6-16)1-9(3-10)5-14-7-17/h1-3,6-7H,4-5H2,(H,13,16)(H,14,17)(H,15,18). The minimum Gasteiger partial charge on any atom is -0.405 e. The first kappa shape index (κ1) is 13.8. The summed E-state index contributed by atoms with van der Waals surface area (Å²) in [6.45, 7) is 0.590. The Kier molecular flexibility index (Phi) is 5.43. The highest BCUT2D eigenvalue weighted by Crippen LogP contribution is 2.10. The molecule has 2 radical (unpaired) electrons. The maximum absolute atomic E-state index is 11.4. The van der Waals surface area contributed by atoms with Gasteiger partial charge in [-0.15, -0.1) is 0 Å². The lowest BCUT2D eigenvalue weighted by Gasteiger charge is -2.08. The highest BCUT2D eigenvalue weighted by molar-refractivity contribution is 6.18. The van der Waals surface area contributed by atoms with Crippen LogP contribution in [0.3, 0.4) is 0 Å². The van der Waals surface area contributed by atoms with E-state index in [0.717, 1.165) is 11.1 Å². The number of hydrogen-bond acceptors (Lipinski definition) is 3. The first-order valence-corrected chi connectivity index (χ1v) is 5.19. The molecule has 0 aliphatic heterocycles. The maximum atomic E-state index is 11.4. The number of hydrogen-bond donors (Lipinski definition) is 3. The van der Waals surface area contributed by atoms with Gasteiger partial charge in [0.25, 0.3) is 0 Å². The lowest BCUT2D eigenvalue weighted by atomic mass is 10.0. The third kappa shape index (κ3) is 3.93. The molecule has 0 bridgehead atoms. The van der Waals surface area contributed by atoms with E-state index in [-0.39, 0.29) is 0 Å². The summed E-state index contributed by atoms with van der Waals surface area (Å²) in [4.78, 5) is 31.9. The van der Waals surface area contributed by atoms with Crippen molar-refractivity contribution in [2.24, 2.45) is 0 Å².